The molecule has 0 aliphatic heterocycles. The number of benzene rings is 1. The summed E-state index contributed by atoms with van der Waals surface area (Å²) in [7, 11) is 4.20. The van der Waals surface area contributed by atoms with Crippen LogP contribution in [0.1, 0.15) is 114 Å². The molecule has 220 valence electrons. The molecule has 1 aliphatic carbocycles. The highest BCUT2D eigenvalue weighted by Crippen LogP contribution is 2.45. The van der Waals surface area contributed by atoms with Gasteiger partial charge < -0.3 is 9.88 Å². The predicted molar refractivity (Wildman–Crippen MR) is 171 cm³/mol. The first kappa shape index (κ1) is 31.0. The van der Waals surface area contributed by atoms with Crippen LogP contribution in [0, 0.1) is 24.2 Å². The minimum atomic E-state index is -0.199. The topological polar surface area (TPSA) is 42.7 Å². The van der Waals surface area contributed by atoms with Gasteiger partial charge in [0, 0.05) is 35.4 Å². The SMILES string of the molecule is CNCCC(CCCCC(C)(C)C)C(C)(c1ccc2nc(C)c(CC3CCCCC3)c(Cl)c2c1)c1cncn1C. The minimum absolute atomic E-state index is 0.199. The molecule has 4 rings (SSSR count). The van der Waals surface area contributed by atoms with Gasteiger partial charge in [-0.2, -0.15) is 0 Å². The third kappa shape index (κ3) is 7.10. The first-order valence-corrected chi connectivity index (χ1v) is 16.1. The maximum atomic E-state index is 7.29. The average molecular weight is 565 g/mol. The van der Waals surface area contributed by atoms with E-state index in [1.807, 2.05) is 6.33 Å². The lowest BCUT2D eigenvalue weighted by atomic mass is 9.66. The molecule has 40 heavy (non-hydrogen) atoms. The zero-order valence-corrected chi connectivity index (χ0v) is 27.0. The molecule has 2 aromatic heterocycles. The predicted octanol–water partition coefficient (Wildman–Crippen LogP) is 9.19. The standard InChI is InChI=1S/C35H53ClN4/c1-25-29(21-26-13-9-8-10-14-26)33(36)30-22-28(16-17-31(30)39-25)35(5,32-23-38-24-40(32)7)27(18-20-37-6)15-11-12-19-34(2,3)4/h16-17,22-24,26-27,37H,8-15,18-21H2,1-7H3. The molecule has 1 aliphatic rings. The fraction of sp³-hybridized carbons (Fsp3) is 0.657. The fourth-order valence-corrected chi connectivity index (χ4v) is 7.52. The molecule has 1 N–H and O–H groups in total. The van der Waals surface area contributed by atoms with Gasteiger partial charge in [0.25, 0.3) is 0 Å². The van der Waals surface area contributed by atoms with Crippen molar-refractivity contribution in [2.45, 2.75) is 111 Å². The highest BCUT2D eigenvalue weighted by Gasteiger charge is 2.39. The number of hydrogen-bond acceptors (Lipinski definition) is 3. The van der Waals surface area contributed by atoms with Gasteiger partial charge in [-0.25, -0.2) is 4.98 Å². The molecule has 0 amide bonds. The average Bonchev–Trinajstić information content (AvgIpc) is 3.36. The highest BCUT2D eigenvalue weighted by atomic mass is 35.5. The van der Waals surface area contributed by atoms with E-state index < -0.39 is 0 Å². The van der Waals surface area contributed by atoms with Crippen LogP contribution in [0.15, 0.2) is 30.7 Å². The number of hydrogen-bond donors (Lipinski definition) is 1. The van der Waals surface area contributed by atoms with Crippen molar-refractivity contribution in [3.05, 3.63) is 58.3 Å². The summed E-state index contributed by atoms with van der Waals surface area (Å²) >= 11 is 7.29. The van der Waals surface area contributed by atoms with E-state index in [0.717, 1.165) is 46.9 Å². The number of fused-ring (bicyclic) bond motifs is 1. The Morgan fingerprint density at radius 3 is 2.48 bits per heavy atom. The molecule has 2 atom stereocenters. The Balaban J connectivity index is 1.76. The zero-order chi connectivity index (χ0) is 28.9. The quantitative estimate of drug-likeness (QED) is 0.223. The van der Waals surface area contributed by atoms with Crippen LogP contribution < -0.4 is 5.32 Å². The van der Waals surface area contributed by atoms with E-state index in [1.54, 1.807) is 0 Å². The molecule has 0 bridgehead atoms. The van der Waals surface area contributed by atoms with Crippen LogP contribution in [0.25, 0.3) is 10.9 Å². The van der Waals surface area contributed by atoms with Crippen LogP contribution in [-0.2, 0) is 18.9 Å². The Morgan fingerprint density at radius 2 is 1.82 bits per heavy atom. The number of unbranched alkanes of at least 4 members (excludes halogenated alkanes) is 1. The second-order valence-electron chi connectivity index (χ2n) is 13.9. The summed E-state index contributed by atoms with van der Waals surface area (Å²) < 4.78 is 2.22. The second kappa shape index (κ2) is 13.4. The summed E-state index contributed by atoms with van der Waals surface area (Å²) in [5, 5.41) is 5.45. The molecule has 1 saturated carbocycles. The molecule has 0 spiro atoms. The lowest BCUT2D eigenvalue weighted by Crippen LogP contribution is -2.37. The summed E-state index contributed by atoms with van der Waals surface area (Å²) in [4.78, 5) is 9.66. The summed E-state index contributed by atoms with van der Waals surface area (Å²) in [6.07, 6.45) is 17.8. The number of pyridine rings is 1. The molecular formula is C35H53ClN4. The fourth-order valence-electron chi connectivity index (χ4n) is 7.16. The van der Waals surface area contributed by atoms with Crippen molar-refractivity contribution in [2.24, 2.45) is 24.3 Å². The van der Waals surface area contributed by atoms with Gasteiger partial charge in [0.05, 0.1) is 16.9 Å². The Bertz CT molecular complexity index is 1250. The smallest absolute Gasteiger partial charge is 0.0945 e. The van der Waals surface area contributed by atoms with E-state index in [0.29, 0.717) is 11.3 Å². The first-order valence-electron chi connectivity index (χ1n) is 15.7. The number of imidazole rings is 1. The molecule has 2 heterocycles. The Kier molecular flexibility index (Phi) is 10.4. The van der Waals surface area contributed by atoms with Crippen molar-refractivity contribution in [3.8, 4) is 0 Å². The van der Waals surface area contributed by atoms with E-state index >= 15 is 0 Å². The maximum absolute atomic E-state index is 7.29. The maximum Gasteiger partial charge on any atom is 0.0945 e. The lowest BCUT2D eigenvalue weighted by molar-refractivity contribution is 0.272. The molecule has 4 nitrogen and oxygen atoms in total. The Morgan fingerprint density at radius 1 is 1.07 bits per heavy atom. The van der Waals surface area contributed by atoms with Gasteiger partial charge in [0.1, 0.15) is 0 Å². The summed E-state index contributed by atoms with van der Waals surface area (Å²) in [6.45, 7) is 12.6. The van der Waals surface area contributed by atoms with Crippen molar-refractivity contribution >= 4 is 22.5 Å². The van der Waals surface area contributed by atoms with E-state index in [9.17, 15) is 0 Å². The summed E-state index contributed by atoms with van der Waals surface area (Å²) in [6, 6.07) is 6.88. The van der Waals surface area contributed by atoms with Crippen molar-refractivity contribution in [1.29, 1.82) is 0 Å². The van der Waals surface area contributed by atoms with Gasteiger partial charge >= 0.3 is 0 Å². The van der Waals surface area contributed by atoms with Gasteiger partial charge in [0.2, 0.25) is 0 Å². The number of halogens is 1. The highest BCUT2D eigenvalue weighted by molar-refractivity contribution is 6.36. The lowest BCUT2D eigenvalue weighted by Gasteiger charge is -2.39. The van der Waals surface area contributed by atoms with E-state index in [2.05, 4.69) is 88.0 Å². The van der Waals surface area contributed by atoms with Gasteiger partial charge in [-0.1, -0.05) is 83.4 Å². The van der Waals surface area contributed by atoms with Crippen molar-refractivity contribution in [2.75, 3.05) is 13.6 Å². The first-order chi connectivity index (χ1) is 19.0. The molecule has 0 saturated heterocycles. The molecule has 5 heteroatoms. The van der Waals surface area contributed by atoms with Crippen LogP contribution in [0.2, 0.25) is 5.02 Å². The van der Waals surface area contributed by atoms with Gasteiger partial charge in [-0.05, 0) is 93.6 Å². The molecule has 0 radical (unpaired) electrons. The summed E-state index contributed by atoms with van der Waals surface area (Å²) in [5.41, 5.74) is 6.12. The van der Waals surface area contributed by atoms with Gasteiger partial charge in [0.15, 0.2) is 0 Å². The normalized spacial score (nSPS) is 17.3. The number of aromatic nitrogens is 3. The molecule has 2 unspecified atom stereocenters. The monoisotopic (exact) mass is 564 g/mol. The van der Waals surface area contributed by atoms with Crippen LogP contribution in [0.5, 0.6) is 0 Å². The largest absolute Gasteiger partial charge is 0.337 e. The van der Waals surface area contributed by atoms with Crippen molar-refractivity contribution in [1.82, 2.24) is 19.9 Å². The van der Waals surface area contributed by atoms with Gasteiger partial charge in [-0.3, -0.25) is 4.98 Å². The van der Waals surface area contributed by atoms with Gasteiger partial charge in [-0.15, -0.1) is 0 Å². The summed E-state index contributed by atoms with van der Waals surface area (Å²) in [5.74, 6) is 1.19. The van der Waals surface area contributed by atoms with E-state index in [-0.39, 0.29) is 5.41 Å². The molecular weight excluding hydrogens is 512 g/mol. The number of nitrogens with one attached hydrogen (secondary N) is 1. The van der Waals surface area contributed by atoms with E-state index in [4.69, 9.17) is 16.6 Å². The minimum Gasteiger partial charge on any atom is -0.337 e. The van der Waals surface area contributed by atoms with Crippen LogP contribution >= 0.6 is 11.6 Å². The third-order valence-electron chi connectivity index (χ3n) is 9.68. The third-order valence-corrected chi connectivity index (χ3v) is 10.1. The molecule has 3 aromatic rings. The van der Waals surface area contributed by atoms with Crippen molar-refractivity contribution in [3.63, 3.8) is 0 Å². The van der Waals surface area contributed by atoms with Crippen LogP contribution in [0.3, 0.4) is 0 Å². The second-order valence-corrected chi connectivity index (χ2v) is 14.3. The Hall–Kier alpha value is -1.91. The molecule has 1 fully saturated rings. The van der Waals surface area contributed by atoms with Crippen LogP contribution in [0.4, 0.5) is 0 Å². The van der Waals surface area contributed by atoms with E-state index in [1.165, 1.54) is 74.6 Å². The number of nitrogens with zero attached hydrogens (tertiary/aromatic N) is 3. The molecule has 1 aromatic carbocycles. The Labute approximate surface area is 248 Å². The zero-order valence-electron chi connectivity index (χ0n) is 26.2. The number of aryl methyl sites for hydroxylation is 2. The number of rotatable bonds is 12. The van der Waals surface area contributed by atoms with Crippen LogP contribution in [-0.4, -0.2) is 28.1 Å². The van der Waals surface area contributed by atoms with Crippen molar-refractivity contribution < 1.29 is 0 Å².